The lowest BCUT2D eigenvalue weighted by Gasteiger charge is -2.42. The Balaban J connectivity index is 1.18. The molecule has 6 rings (SSSR count). The van der Waals surface area contributed by atoms with E-state index in [1.165, 1.54) is 24.2 Å². The first-order chi connectivity index (χ1) is 21.3. The fraction of sp³-hybridized carbons (Fsp3) is 0.400. The minimum Gasteiger partial charge on any atom is -0.369 e. The van der Waals surface area contributed by atoms with Crippen LogP contribution in [-0.4, -0.2) is 95.4 Å². The Morgan fingerprint density at radius 1 is 0.909 bits per heavy atom. The molecule has 14 heteroatoms. The summed E-state index contributed by atoms with van der Waals surface area (Å²) in [6.45, 7) is 5.62. The Morgan fingerprint density at radius 3 is 2.39 bits per heavy atom. The Morgan fingerprint density at radius 2 is 1.64 bits per heavy atom. The maximum absolute atomic E-state index is 15.4. The van der Waals surface area contributed by atoms with E-state index in [2.05, 4.69) is 47.4 Å². The molecular weight excluding hydrogens is 606 g/mol. The van der Waals surface area contributed by atoms with Crippen LogP contribution >= 0.6 is 23.5 Å². The highest BCUT2D eigenvalue weighted by molar-refractivity contribution is 7.99. The van der Waals surface area contributed by atoms with Crippen molar-refractivity contribution in [3.05, 3.63) is 59.5 Å². The molecule has 2 aromatic carbocycles. The van der Waals surface area contributed by atoms with Crippen LogP contribution in [0.15, 0.2) is 42.9 Å². The van der Waals surface area contributed by atoms with Crippen LogP contribution in [0.4, 0.5) is 43.3 Å². The van der Waals surface area contributed by atoms with Crippen LogP contribution < -0.4 is 19.8 Å². The van der Waals surface area contributed by atoms with Crippen LogP contribution in [-0.2, 0) is 0 Å². The number of nitrogens with one attached hydrogen (secondary N) is 2. The normalized spacial score (nSPS) is 16.8. The number of piperidine rings is 1. The first-order valence-electron chi connectivity index (χ1n) is 14.6. The average molecular weight is 641 g/mol. The van der Waals surface area contributed by atoms with E-state index in [1.807, 2.05) is 34.6 Å². The number of fused-ring (bicyclic) bond motifs is 1. The summed E-state index contributed by atoms with van der Waals surface area (Å²) >= 11 is 7.97. The van der Waals surface area contributed by atoms with Crippen LogP contribution in [0, 0.1) is 11.6 Å². The second-order valence-electron chi connectivity index (χ2n) is 11.0. The van der Waals surface area contributed by atoms with Crippen molar-refractivity contribution in [3.63, 3.8) is 0 Å². The smallest absolute Gasteiger partial charge is 0.229 e. The van der Waals surface area contributed by atoms with E-state index in [4.69, 9.17) is 11.6 Å². The molecule has 4 heterocycles. The number of hydrogen-bond acceptors (Lipinski definition) is 11. The average Bonchev–Trinajstić information content (AvgIpc) is 3.05. The third kappa shape index (κ3) is 6.32. The highest BCUT2D eigenvalue weighted by Crippen LogP contribution is 2.38. The van der Waals surface area contributed by atoms with E-state index in [9.17, 15) is 0 Å². The number of anilines is 6. The van der Waals surface area contributed by atoms with Crippen molar-refractivity contribution in [2.75, 3.05) is 79.5 Å². The van der Waals surface area contributed by atoms with Gasteiger partial charge in [0.25, 0.3) is 0 Å². The first kappa shape index (κ1) is 30.5. The molecule has 232 valence electrons. The Bertz CT molecular complexity index is 1630. The van der Waals surface area contributed by atoms with Gasteiger partial charge in [-0.3, -0.25) is 14.9 Å². The summed E-state index contributed by atoms with van der Waals surface area (Å²) in [5.74, 6) is -1.50. The topological polar surface area (TPSA) is 88.6 Å². The van der Waals surface area contributed by atoms with Crippen molar-refractivity contribution in [2.45, 2.75) is 18.9 Å². The lowest BCUT2D eigenvalue weighted by Crippen LogP contribution is -2.52. The van der Waals surface area contributed by atoms with Crippen molar-refractivity contribution in [2.24, 2.45) is 0 Å². The molecular formula is C30H35ClF2N10S. The third-order valence-corrected chi connectivity index (χ3v) is 9.37. The summed E-state index contributed by atoms with van der Waals surface area (Å²) in [4.78, 5) is 24.4. The van der Waals surface area contributed by atoms with E-state index < -0.39 is 11.6 Å². The predicted octanol–water partition coefficient (Wildman–Crippen LogP) is 5.77. The van der Waals surface area contributed by atoms with Crippen molar-refractivity contribution in [1.29, 1.82) is 0 Å². The molecule has 0 amide bonds. The molecule has 2 aliphatic rings. The van der Waals surface area contributed by atoms with Crippen molar-refractivity contribution >= 4 is 69.1 Å². The van der Waals surface area contributed by atoms with Gasteiger partial charge in [-0.25, -0.2) is 13.8 Å². The molecule has 10 nitrogen and oxygen atoms in total. The Kier molecular flexibility index (Phi) is 9.17. The van der Waals surface area contributed by atoms with Crippen LogP contribution in [0.2, 0.25) is 5.02 Å². The first-order valence-corrected chi connectivity index (χ1v) is 16.1. The molecule has 2 aliphatic heterocycles. The van der Waals surface area contributed by atoms with Crippen molar-refractivity contribution in [1.82, 2.24) is 29.7 Å². The van der Waals surface area contributed by atoms with Gasteiger partial charge in [-0.2, -0.15) is 4.98 Å². The zero-order chi connectivity index (χ0) is 30.8. The van der Waals surface area contributed by atoms with Crippen molar-refractivity contribution in [3.8, 4) is 0 Å². The van der Waals surface area contributed by atoms with Crippen LogP contribution in [0.1, 0.15) is 12.8 Å². The summed E-state index contributed by atoms with van der Waals surface area (Å²) in [6, 6.07) is 7.35. The molecule has 0 atom stereocenters. The van der Waals surface area contributed by atoms with Gasteiger partial charge in [0.05, 0.1) is 34.5 Å². The molecule has 2 saturated heterocycles. The molecule has 0 saturated carbocycles. The van der Waals surface area contributed by atoms with Crippen LogP contribution in [0.25, 0.3) is 11.0 Å². The second kappa shape index (κ2) is 13.2. The van der Waals surface area contributed by atoms with E-state index in [0.29, 0.717) is 36.2 Å². The van der Waals surface area contributed by atoms with Gasteiger partial charge in [-0.1, -0.05) is 23.5 Å². The van der Waals surface area contributed by atoms with E-state index in [0.717, 1.165) is 50.2 Å². The molecule has 2 aromatic heterocycles. The molecule has 4 aromatic rings. The summed E-state index contributed by atoms with van der Waals surface area (Å²) in [5, 5.41) is 6.34. The minimum absolute atomic E-state index is 0.0596. The monoisotopic (exact) mass is 640 g/mol. The van der Waals surface area contributed by atoms with E-state index in [1.54, 1.807) is 18.5 Å². The lowest BCUT2D eigenvalue weighted by molar-refractivity contribution is 0.0981. The molecule has 44 heavy (non-hydrogen) atoms. The van der Waals surface area contributed by atoms with Gasteiger partial charge in [0.1, 0.15) is 10.5 Å². The summed E-state index contributed by atoms with van der Waals surface area (Å²) in [5.41, 5.74) is 3.15. The molecule has 0 spiro atoms. The number of halogens is 3. The highest BCUT2D eigenvalue weighted by Gasteiger charge is 2.29. The number of piperazine rings is 1. The van der Waals surface area contributed by atoms with E-state index in [-0.39, 0.29) is 22.3 Å². The number of nitrogens with zero attached hydrogens (tertiary/aromatic N) is 8. The molecule has 0 unspecified atom stereocenters. The van der Waals surface area contributed by atoms with Crippen LogP contribution in [0.3, 0.4) is 0 Å². The zero-order valence-electron chi connectivity index (χ0n) is 24.9. The number of rotatable bonds is 8. The summed E-state index contributed by atoms with van der Waals surface area (Å²) in [7, 11) is 4.07. The number of hydrogen-bond donors (Lipinski definition) is 2. The molecule has 2 N–H and O–H groups in total. The maximum Gasteiger partial charge on any atom is 0.229 e. The second-order valence-corrected chi connectivity index (χ2v) is 12.3. The quantitative estimate of drug-likeness (QED) is 0.230. The number of benzene rings is 2. The van der Waals surface area contributed by atoms with Gasteiger partial charge in [-0.15, -0.1) is 0 Å². The molecule has 2 fully saturated rings. The Hall–Kier alpha value is -3.52. The number of aromatic nitrogens is 4. The molecule has 0 bridgehead atoms. The minimum atomic E-state index is -0.978. The van der Waals surface area contributed by atoms with Gasteiger partial charge in [0, 0.05) is 71.0 Å². The SMILES string of the molecule is CSN(C)c1c(Nc2nc(Nc3ccc(N4CCC(N5CCN(C)CC5)CC4)c(F)c3F)ncc2Cl)ccc2nccnc12. The van der Waals surface area contributed by atoms with Gasteiger partial charge in [-0.05, 0) is 44.2 Å². The summed E-state index contributed by atoms with van der Waals surface area (Å²) in [6.07, 6.45) is 8.50. The molecule has 0 aliphatic carbocycles. The third-order valence-electron chi connectivity index (χ3n) is 8.37. The van der Waals surface area contributed by atoms with Crippen molar-refractivity contribution < 1.29 is 8.78 Å². The fourth-order valence-corrected chi connectivity index (χ4v) is 6.34. The van der Waals surface area contributed by atoms with Gasteiger partial charge in [0.15, 0.2) is 17.5 Å². The van der Waals surface area contributed by atoms with Gasteiger partial charge < -0.3 is 24.7 Å². The molecule has 0 radical (unpaired) electrons. The van der Waals surface area contributed by atoms with E-state index >= 15 is 8.78 Å². The predicted molar refractivity (Wildman–Crippen MR) is 176 cm³/mol. The van der Waals surface area contributed by atoms with Gasteiger partial charge >= 0.3 is 0 Å². The number of likely N-dealkylation sites (N-methyl/N-ethyl adjacent to an activating group) is 1. The van der Waals surface area contributed by atoms with Gasteiger partial charge in [0.2, 0.25) is 5.95 Å². The van der Waals surface area contributed by atoms with Crippen LogP contribution in [0.5, 0.6) is 0 Å². The lowest BCUT2D eigenvalue weighted by atomic mass is 10.0. The standard InChI is InChI=1S/C30H35ClF2N10S/c1-40-14-16-42(17-15-40)19-8-12-43(13-9-19)24-7-6-21(25(32)26(24)33)38-30-36-18-20(31)29(39-30)37-23-5-4-22-27(35-11-10-34-22)28(23)41(2)44-3/h4-7,10-11,18-19H,8-9,12-17H2,1-3H3,(H2,36,37,38,39). The highest BCUT2D eigenvalue weighted by atomic mass is 35.5. The maximum atomic E-state index is 15.4. The summed E-state index contributed by atoms with van der Waals surface area (Å²) < 4.78 is 32.7. The zero-order valence-corrected chi connectivity index (χ0v) is 26.5. The Labute approximate surface area is 265 Å². The fourth-order valence-electron chi connectivity index (χ4n) is 5.83. The largest absolute Gasteiger partial charge is 0.369 e.